The number of rotatable bonds is 4. The van der Waals surface area contributed by atoms with Gasteiger partial charge in [0.2, 0.25) is 5.91 Å². The lowest BCUT2D eigenvalue weighted by atomic mass is 9.89. The molecule has 0 unspecified atom stereocenters. The molecule has 1 aliphatic rings. The normalized spacial score (nSPS) is 17.2. The Balaban J connectivity index is 2.16. The molecule has 2 rings (SSSR count). The van der Waals surface area contributed by atoms with Crippen LogP contribution in [0.1, 0.15) is 44.1 Å². The molecule has 1 N–H and O–H groups in total. The van der Waals surface area contributed by atoms with Crippen LogP contribution in [0.3, 0.4) is 0 Å². The molecule has 1 fully saturated rings. The summed E-state index contributed by atoms with van der Waals surface area (Å²) >= 11 is 12.2. The number of benzene rings is 1. The zero-order valence-electron chi connectivity index (χ0n) is 13.2. The number of hydrogen-bond acceptors (Lipinski definition) is 3. The van der Waals surface area contributed by atoms with Crippen molar-refractivity contribution in [3.8, 4) is 0 Å². The fraction of sp³-hybridized carbons (Fsp3) is 0.529. The summed E-state index contributed by atoms with van der Waals surface area (Å²) in [5.74, 6) is -0.648. The van der Waals surface area contributed by atoms with Crippen molar-refractivity contribution in [2.75, 3.05) is 7.11 Å². The highest BCUT2D eigenvalue weighted by molar-refractivity contribution is 6.36. The van der Waals surface area contributed by atoms with Crippen molar-refractivity contribution in [3.05, 3.63) is 33.8 Å². The van der Waals surface area contributed by atoms with Gasteiger partial charge in [-0.05, 0) is 30.5 Å². The van der Waals surface area contributed by atoms with Crippen LogP contribution in [0.2, 0.25) is 10.0 Å². The first kappa shape index (κ1) is 18.1. The molecule has 126 valence electrons. The molecule has 0 heterocycles. The molecular weight excluding hydrogens is 337 g/mol. The van der Waals surface area contributed by atoms with E-state index in [0.717, 1.165) is 25.7 Å². The number of carbonyl (C=O) groups is 2. The molecule has 1 saturated carbocycles. The van der Waals surface area contributed by atoms with Crippen LogP contribution in [0, 0.1) is 0 Å². The molecular formula is C17H21Cl2NO3. The van der Waals surface area contributed by atoms with Gasteiger partial charge in [0.05, 0.1) is 13.5 Å². The van der Waals surface area contributed by atoms with Gasteiger partial charge in [-0.2, -0.15) is 0 Å². The van der Waals surface area contributed by atoms with E-state index in [1.165, 1.54) is 7.11 Å². The van der Waals surface area contributed by atoms with E-state index < -0.39 is 5.54 Å². The lowest BCUT2D eigenvalue weighted by Gasteiger charge is -2.31. The van der Waals surface area contributed by atoms with Crippen LogP contribution in [0.4, 0.5) is 0 Å². The Kier molecular flexibility index (Phi) is 6.31. The van der Waals surface area contributed by atoms with Gasteiger partial charge in [-0.1, -0.05) is 55.0 Å². The largest absolute Gasteiger partial charge is 0.467 e. The van der Waals surface area contributed by atoms with Crippen LogP contribution in [0.15, 0.2) is 18.2 Å². The third kappa shape index (κ3) is 4.39. The molecule has 4 nitrogen and oxygen atoms in total. The van der Waals surface area contributed by atoms with Gasteiger partial charge in [0.15, 0.2) is 0 Å². The molecule has 0 aromatic heterocycles. The summed E-state index contributed by atoms with van der Waals surface area (Å²) < 4.78 is 4.94. The Morgan fingerprint density at radius 3 is 2.22 bits per heavy atom. The number of carbonyl (C=O) groups excluding carboxylic acids is 2. The van der Waals surface area contributed by atoms with Crippen molar-refractivity contribution in [1.29, 1.82) is 0 Å². The van der Waals surface area contributed by atoms with Crippen molar-refractivity contribution in [3.63, 3.8) is 0 Å². The van der Waals surface area contributed by atoms with Gasteiger partial charge in [-0.25, -0.2) is 4.79 Å². The standard InChI is InChI=1S/C17H21Cl2NO3/c1-23-16(22)17(9-4-2-3-5-10-17)20-15(21)11-12-13(18)7-6-8-14(12)19/h6-8H,2-5,9-11H2,1H3,(H,20,21). The minimum atomic E-state index is -0.934. The van der Waals surface area contributed by atoms with Crippen LogP contribution >= 0.6 is 23.2 Å². The van der Waals surface area contributed by atoms with Crippen LogP contribution in [-0.2, 0) is 20.7 Å². The number of amides is 1. The van der Waals surface area contributed by atoms with Gasteiger partial charge in [-0.3, -0.25) is 4.79 Å². The van der Waals surface area contributed by atoms with E-state index in [4.69, 9.17) is 27.9 Å². The van der Waals surface area contributed by atoms with Crippen LogP contribution < -0.4 is 5.32 Å². The molecule has 1 amide bonds. The number of ether oxygens (including phenoxy) is 1. The second-order valence-corrected chi connectivity index (χ2v) is 6.73. The van der Waals surface area contributed by atoms with Gasteiger partial charge in [0.1, 0.15) is 5.54 Å². The van der Waals surface area contributed by atoms with Crippen LogP contribution in [0.5, 0.6) is 0 Å². The molecule has 0 bridgehead atoms. The maximum atomic E-state index is 12.5. The first-order valence-electron chi connectivity index (χ1n) is 7.81. The lowest BCUT2D eigenvalue weighted by molar-refractivity contribution is -0.151. The van der Waals surface area contributed by atoms with Crippen LogP contribution in [-0.4, -0.2) is 24.5 Å². The van der Waals surface area contributed by atoms with Gasteiger partial charge in [-0.15, -0.1) is 0 Å². The third-order valence-electron chi connectivity index (χ3n) is 4.31. The minimum Gasteiger partial charge on any atom is -0.467 e. The molecule has 0 atom stereocenters. The van der Waals surface area contributed by atoms with E-state index >= 15 is 0 Å². The molecule has 1 aromatic carbocycles. The van der Waals surface area contributed by atoms with Gasteiger partial charge >= 0.3 is 5.97 Å². The SMILES string of the molecule is COC(=O)C1(NC(=O)Cc2c(Cl)cccc2Cl)CCCCCC1. The zero-order valence-corrected chi connectivity index (χ0v) is 14.7. The first-order valence-corrected chi connectivity index (χ1v) is 8.56. The van der Waals surface area contributed by atoms with E-state index in [1.807, 2.05) is 0 Å². The Morgan fingerprint density at radius 2 is 1.70 bits per heavy atom. The second-order valence-electron chi connectivity index (χ2n) is 5.91. The van der Waals surface area contributed by atoms with Crippen molar-refractivity contribution in [1.82, 2.24) is 5.32 Å². The van der Waals surface area contributed by atoms with Crippen LogP contribution in [0.25, 0.3) is 0 Å². The average molecular weight is 358 g/mol. The topological polar surface area (TPSA) is 55.4 Å². The molecule has 0 saturated heterocycles. The molecule has 0 aliphatic heterocycles. The summed E-state index contributed by atoms with van der Waals surface area (Å²) in [6.07, 6.45) is 5.14. The molecule has 1 aromatic rings. The van der Waals surface area contributed by atoms with E-state index in [2.05, 4.69) is 5.32 Å². The first-order chi connectivity index (χ1) is 11.0. The number of halogens is 2. The Morgan fingerprint density at radius 1 is 1.13 bits per heavy atom. The predicted octanol–water partition coefficient (Wildman–Crippen LogP) is 3.92. The van der Waals surface area contributed by atoms with Crippen molar-refractivity contribution in [2.24, 2.45) is 0 Å². The summed E-state index contributed by atoms with van der Waals surface area (Å²) in [5.41, 5.74) is -0.363. The van der Waals surface area contributed by atoms with Crippen molar-refractivity contribution in [2.45, 2.75) is 50.5 Å². The maximum Gasteiger partial charge on any atom is 0.331 e. The zero-order chi connectivity index (χ0) is 16.9. The van der Waals surface area contributed by atoms with E-state index in [0.29, 0.717) is 28.5 Å². The molecule has 1 aliphatic carbocycles. The van der Waals surface area contributed by atoms with Crippen molar-refractivity contribution >= 4 is 35.1 Å². The highest BCUT2D eigenvalue weighted by atomic mass is 35.5. The minimum absolute atomic E-state index is 0.0389. The molecule has 0 radical (unpaired) electrons. The van der Waals surface area contributed by atoms with E-state index in [9.17, 15) is 9.59 Å². The molecule has 6 heteroatoms. The highest BCUT2D eigenvalue weighted by Gasteiger charge is 2.41. The Labute approximate surface area is 146 Å². The number of methoxy groups -OCH3 is 1. The highest BCUT2D eigenvalue weighted by Crippen LogP contribution is 2.29. The fourth-order valence-electron chi connectivity index (χ4n) is 3.08. The lowest BCUT2D eigenvalue weighted by Crippen LogP contribution is -2.55. The smallest absolute Gasteiger partial charge is 0.331 e. The number of hydrogen-bond donors (Lipinski definition) is 1. The number of nitrogens with one attached hydrogen (secondary N) is 1. The molecule has 23 heavy (non-hydrogen) atoms. The van der Waals surface area contributed by atoms with E-state index in [-0.39, 0.29) is 18.3 Å². The molecule has 0 spiro atoms. The third-order valence-corrected chi connectivity index (χ3v) is 5.02. The summed E-state index contributed by atoms with van der Waals surface area (Å²) in [5, 5.41) is 3.79. The van der Waals surface area contributed by atoms with Gasteiger partial charge in [0.25, 0.3) is 0 Å². The van der Waals surface area contributed by atoms with Gasteiger partial charge < -0.3 is 10.1 Å². The summed E-state index contributed by atoms with van der Waals surface area (Å²) in [6, 6.07) is 5.11. The van der Waals surface area contributed by atoms with E-state index in [1.54, 1.807) is 18.2 Å². The van der Waals surface area contributed by atoms with Crippen molar-refractivity contribution < 1.29 is 14.3 Å². The quantitative estimate of drug-likeness (QED) is 0.656. The maximum absolute atomic E-state index is 12.5. The summed E-state index contributed by atoms with van der Waals surface area (Å²) in [6.45, 7) is 0. The summed E-state index contributed by atoms with van der Waals surface area (Å²) in [7, 11) is 1.35. The second kappa shape index (κ2) is 8.02. The Bertz CT molecular complexity index is 561. The Hall–Kier alpha value is -1.26. The monoisotopic (exact) mass is 357 g/mol. The van der Waals surface area contributed by atoms with Gasteiger partial charge in [0, 0.05) is 10.0 Å². The number of esters is 1. The predicted molar refractivity (Wildman–Crippen MR) is 90.8 cm³/mol. The fourth-order valence-corrected chi connectivity index (χ4v) is 3.61. The average Bonchev–Trinajstić information content (AvgIpc) is 2.77. The summed E-state index contributed by atoms with van der Waals surface area (Å²) in [4.78, 5) is 24.8.